The molecular weight excluding hydrogens is 538 g/mol. The summed E-state index contributed by atoms with van der Waals surface area (Å²) in [7, 11) is 0. The molecule has 1 aromatic carbocycles. The Balaban J connectivity index is 0.000000302. The molecule has 1 fully saturated rings. The molecule has 1 atom stereocenters. The van der Waals surface area contributed by atoms with E-state index in [2.05, 4.69) is 73.3 Å². The Hall–Kier alpha value is -3.78. The number of hydrogen-bond donors (Lipinski definition) is 0. The predicted octanol–water partition coefficient (Wildman–Crippen LogP) is 5.64. The summed E-state index contributed by atoms with van der Waals surface area (Å²) in [4.78, 5) is 44.7. The van der Waals surface area contributed by atoms with Gasteiger partial charge in [-0.1, -0.05) is 38.1 Å². The molecule has 1 saturated heterocycles. The summed E-state index contributed by atoms with van der Waals surface area (Å²) >= 11 is 0. The van der Waals surface area contributed by atoms with Crippen molar-refractivity contribution in [2.24, 2.45) is 0 Å². The minimum Gasteiger partial charge on any atom is -0.372 e. The quantitative estimate of drug-likeness (QED) is 0.301. The lowest BCUT2D eigenvalue weighted by Crippen LogP contribution is -2.54. The maximum absolute atomic E-state index is 12.3. The van der Waals surface area contributed by atoms with Crippen molar-refractivity contribution in [3.05, 3.63) is 82.8 Å². The molecule has 0 spiro atoms. The normalized spacial score (nSPS) is 14.7. The first kappa shape index (κ1) is 35.4. The van der Waals surface area contributed by atoms with E-state index in [0.29, 0.717) is 19.6 Å². The van der Waals surface area contributed by atoms with E-state index in [4.69, 9.17) is 0 Å². The summed E-state index contributed by atoms with van der Waals surface area (Å²) in [5.41, 5.74) is 4.30. The number of rotatable bonds is 9. The average molecular weight is 590 g/mol. The van der Waals surface area contributed by atoms with Crippen LogP contribution in [0.15, 0.2) is 66.0 Å². The number of benzene rings is 1. The van der Waals surface area contributed by atoms with Crippen LogP contribution < -0.4 is 10.5 Å². The summed E-state index contributed by atoms with van der Waals surface area (Å²) in [5.74, 6) is 0.149. The molecule has 8 heteroatoms. The van der Waals surface area contributed by atoms with Gasteiger partial charge in [0.15, 0.2) is 0 Å². The molecule has 8 nitrogen and oxygen atoms in total. The second kappa shape index (κ2) is 18.0. The number of hydrogen-bond acceptors (Lipinski definition) is 6. The molecule has 3 heterocycles. The second-order valence-corrected chi connectivity index (χ2v) is 11.3. The molecule has 0 N–H and O–H groups in total. The van der Waals surface area contributed by atoms with Gasteiger partial charge in [0.25, 0.3) is 5.56 Å². The fourth-order valence-corrected chi connectivity index (χ4v) is 5.02. The van der Waals surface area contributed by atoms with Crippen LogP contribution in [0.5, 0.6) is 0 Å². The molecule has 0 aliphatic carbocycles. The van der Waals surface area contributed by atoms with Gasteiger partial charge in [0.2, 0.25) is 5.91 Å². The number of aromatic nitrogens is 2. The van der Waals surface area contributed by atoms with Gasteiger partial charge in [-0.05, 0) is 83.9 Å². The largest absolute Gasteiger partial charge is 0.372 e. The van der Waals surface area contributed by atoms with Crippen LogP contribution in [0.25, 0.3) is 11.0 Å². The van der Waals surface area contributed by atoms with Gasteiger partial charge in [0.05, 0.1) is 0 Å². The monoisotopic (exact) mass is 589 g/mol. The second-order valence-electron chi connectivity index (χ2n) is 11.3. The zero-order valence-electron chi connectivity index (χ0n) is 27.3. The van der Waals surface area contributed by atoms with Gasteiger partial charge < -0.3 is 14.6 Å². The van der Waals surface area contributed by atoms with E-state index in [1.807, 2.05) is 30.0 Å². The lowest BCUT2D eigenvalue weighted by molar-refractivity contribution is -0.128. The number of fused-ring (bicyclic) bond motifs is 1. The van der Waals surface area contributed by atoms with E-state index >= 15 is 0 Å². The summed E-state index contributed by atoms with van der Waals surface area (Å²) in [6, 6.07) is 16.4. The molecule has 1 aliphatic heterocycles. The molecule has 4 rings (SSSR count). The SMILES string of the molecule is C=CC(=O)N1CCN(CCn2c(=O)ccc3ccc(C)nc32)C(C)C1.CC(C)=O.CCCN(CCC)c1ccc(C)cc1. The molecule has 3 aromatic rings. The third-order valence-corrected chi connectivity index (χ3v) is 7.22. The first-order valence-corrected chi connectivity index (χ1v) is 15.4. The highest BCUT2D eigenvalue weighted by Crippen LogP contribution is 2.16. The van der Waals surface area contributed by atoms with Gasteiger partial charge in [-0.2, -0.15) is 0 Å². The van der Waals surface area contributed by atoms with Crippen LogP contribution in [0.1, 0.15) is 58.7 Å². The van der Waals surface area contributed by atoms with Crippen molar-refractivity contribution in [3.8, 4) is 0 Å². The Morgan fingerprint density at radius 1 is 0.953 bits per heavy atom. The Labute approximate surface area is 258 Å². The van der Waals surface area contributed by atoms with Crippen LogP contribution in [0, 0.1) is 13.8 Å². The van der Waals surface area contributed by atoms with Gasteiger partial charge in [-0.25, -0.2) is 4.98 Å². The number of Topliss-reactive ketones (excluding diaryl/α,β-unsaturated/α-hetero) is 1. The van der Waals surface area contributed by atoms with Gasteiger partial charge in [-0.3, -0.25) is 19.1 Å². The minimum absolute atomic E-state index is 0.0172. The number of pyridine rings is 2. The van der Waals surface area contributed by atoms with Gasteiger partial charge in [-0.15, -0.1) is 0 Å². The maximum Gasteiger partial charge on any atom is 0.252 e. The van der Waals surface area contributed by atoms with E-state index in [9.17, 15) is 14.4 Å². The smallest absolute Gasteiger partial charge is 0.252 e. The number of anilines is 1. The highest BCUT2D eigenvalue weighted by atomic mass is 16.2. The first-order valence-electron chi connectivity index (χ1n) is 15.4. The first-order chi connectivity index (χ1) is 20.5. The van der Waals surface area contributed by atoms with Crippen LogP contribution in [-0.4, -0.2) is 76.4 Å². The fraction of sp³-hybridized carbons (Fsp3) is 0.486. The summed E-state index contributed by atoms with van der Waals surface area (Å²) in [6.45, 7) is 23.1. The predicted molar refractivity (Wildman–Crippen MR) is 179 cm³/mol. The van der Waals surface area contributed by atoms with Crippen molar-refractivity contribution < 1.29 is 9.59 Å². The number of carbonyl (C=O) groups is 2. The molecule has 0 saturated carbocycles. The van der Waals surface area contributed by atoms with Crippen molar-refractivity contribution in [2.75, 3.05) is 44.2 Å². The van der Waals surface area contributed by atoms with E-state index in [-0.39, 0.29) is 23.3 Å². The molecule has 1 amide bonds. The number of aryl methyl sites for hydroxylation is 2. The number of amides is 1. The Morgan fingerprint density at radius 2 is 1.56 bits per heavy atom. The number of carbonyl (C=O) groups excluding carboxylic acids is 2. The average Bonchev–Trinajstić information content (AvgIpc) is 2.97. The molecule has 0 bridgehead atoms. The lowest BCUT2D eigenvalue weighted by atomic mass is 10.2. The molecule has 2 aromatic heterocycles. The Bertz CT molecular complexity index is 1370. The highest BCUT2D eigenvalue weighted by Gasteiger charge is 2.25. The lowest BCUT2D eigenvalue weighted by Gasteiger charge is -2.39. The number of ketones is 1. The van der Waals surface area contributed by atoms with E-state index in [1.54, 1.807) is 10.6 Å². The summed E-state index contributed by atoms with van der Waals surface area (Å²) in [5, 5.41) is 0.972. The zero-order chi connectivity index (χ0) is 31.9. The molecular formula is C35H51N5O3. The van der Waals surface area contributed by atoms with Crippen molar-refractivity contribution in [3.63, 3.8) is 0 Å². The van der Waals surface area contributed by atoms with Crippen molar-refractivity contribution in [2.45, 2.75) is 73.9 Å². The number of piperazine rings is 1. The highest BCUT2D eigenvalue weighted by molar-refractivity contribution is 5.87. The van der Waals surface area contributed by atoms with Gasteiger partial charge >= 0.3 is 0 Å². The maximum atomic E-state index is 12.3. The van der Waals surface area contributed by atoms with Gasteiger partial charge in [0, 0.05) is 74.7 Å². The van der Waals surface area contributed by atoms with Crippen LogP contribution in [0.2, 0.25) is 0 Å². The molecule has 1 unspecified atom stereocenters. The van der Waals surface area contributed by atoms with Crippen LogP contribution >= 0.6 is 0 Å². The Morgan fingerprint density at radius 3 is 2.12 bits per heavy atom. The molecule has 1 aliphatic rings. The number of nitrogens with zero attached hydrogens (tertiary/aromatic N) is 5. The minimum atomic E-state index is -0.0290. The van der Waals surface area contributed by atoms with Crippen LogP contribution in [0.3, 0.4) is 0 Å². The summed E-state index contributed by atoms with van der Waals surface area (Å²) in [6.07, 6.45) is 3.80. The van der Waals surface area contributed by atoms with Crippen molar-refractivity contribution in [1.82, 2.24) is 19.4 Å². The van der Waals surface area contributed by atoms with E-state index < -0.39 is 0 Å². The van der Waals surface area contributed by atoms with E-state index in [0.717, 1.165) is 42.9 Å². The van der Waals surface area contributed by atoms with Gasteiger partial charge in [0.1, 0.15) is 11.4 Å². The topological polar surface area (TPSA) is 78.8 Å². The van der Waals surface area contributed by atoms with Crippen LogP contribution in [-0.2, 0) is 16.1 Å². The van der Waals surface area contributed by atoms with Crippen molar-refractivity contribution in [1.29, 1.82) is 0 Å². The van der Waals surface area contributed by atoms with Crippen LogP contribution in [0.4, 0.5) is 5.69 Å². The zero-order valence-corrected chi connectivity index (χ0v) is 27.3. The third-order valence-electron chi connectivity index (χ3n) is 7.22. The fourth-order valence-electron chi connectivity index (χ4n) is 5.02. The standard InChI is InChI=1S/C19H24N4O2.C13H21N.C3H6O/c1-4-17(24)22-10-9-21(15(3)13-22)11-12-23-18(25)8-7-16-6-5-14(2)20-19(16)23;1-4-10-14(11-5-2)13-8-6-12(3)7-9-13;1-3(2)4/h4-8,15H,1,9-13H2,2-3H3;6-9H,4-5,10-11H2,1-3H3;1-2H3. The molecule has 234 valence electrons. The third kappa shape index (κ3) is 11.4. The Kier molecular flexibility index (Phi) is 14.8. The molecule has 0 radical (unpaired) electrons. The summed E-state index contributed by atoms with van der Waals surface area (Å²) < 4.78 is 1.75. The van der Waals surface area contributed by atoms with E-state index in [1.165, 1.54) is 44.0 Å². The van der Waals surface area contributed by atoms with Crippen molar-refractivity contribution >= 4 is 28.4 Å². The molecule has 43 heavy (non-hydrogen) atoms.